The second-order valence-electron chi connectivity index (χ2n) is 8.00. The number of alkyl halides is 3. The van der Waals surface area contributed by atoms with Crippen LogP contribution in [0, 0.1) is 0 Å². The Balaban J connectivity index is 1.60. The van der Waals surface area contributed by atoms with Crippen molar-refractivity contribution in [3.63, 3.8) is 0 Å². The molecule has 1 aliphatic carbocycles. The zero-order valence-electron chi connectivity index (χ0n) is 17.8. The monoisotopic (exact) mass is 476 g/mol. The third-order valence-electron chi connectivity index (χ3n) is 5.41. The maximum atomic E-state index is 12.7. The summed E-state index contributed by atoms with van der Waals surface area (Å²) >= 11 is 5.95. The molecule has 0 spiro atoms. The van der Waals surface area contributed by atoms with Gasteiger partial charge in [0.05, 0.1) is 5.69 Å². The van der Waals surface area contributed by atoms with Crippen molar-refractivity contribution in [1.82, 2.24) is 9.97 Å². The van der Waals surface area contributed by atoms with Crippen LogP contribution in [0.4, 0.5) is 24.9 Å². The molecule has 5 nitrogen and oxygen atoms in total. The van der Waals surface area contributed by atoms with Gasteiger partial charge in [-0.15, -0.1) is 13.2 Å². The molecule has 0 saturated heterocycles. The van der Waals surface area contributed by atoms with Crippen LogP contribution in [0.1, 0.15) is 37.7 Å². The van der Waals surface area contributed by atoms with E-state index in [1.54, 1.807) is 12.1 Å². The van der Waals surface area contributed by atoms with Crippen molar-refractivity contribution in [3.8, 4) is 17.0 Å². The third-order valence-corrected chi connectivity index (χ3v) is 5.67. The van der Waals surface area contributed by atoms with E-state index in [9.17, 15) is 13.2 Å². The molecule has 0 bridgehead atoms. The van der Waals surface area contributed by atoms with Crippen LogP contribution in [-0.2, 0) is 6.54 Å². The van der Waals surface area contributed by atoms with Crippen LogP contribution >= 0.6 is 11.6 Å². The predicted octanol–water partition coefficient (Wildman–Crippen LogP) is 7.05. The Bertz CT molecular complexity index is 1070. The van der Waals surface area contributed by atoms with Crippen molar-refractivity contribution in [2.24, 2.45) is 0 Å². The fourth-order valence-electron chi connectivity index (χ4n) is 3.83. The minimum absolute atomic E-state index is 0.276. The van der Waals surface area contributed by atoms with Gasteiger partial charge in [0.25, 0.3) is 0 Å². The average Bonchev–Trinajstić information content (AvgIpc) is 2.78. The number of nitrogens with one attached hydrogen (secondary N) is 2. The lowest BCUT2D eigenvalue weighted by atomic mass is 9.96. The summed E-state index contributed by atoms with van der Waals surface area (Å²) in [7, 11) is 0. The van der Waals surface area contributed by atoms with Crippen LogP contribution in [0.15, 0.2) is 54.6 Å². The van der Waals surface area contributed by atoms with Crippen molar-refractivity contribution >= 4 is 23.4 Å². The molecular weight excluding hydrogens is 453 g/mol. The first-order valence-electron chi connectivity index (χ1n) is 10.8. The fourth-order valence-corrected chi connectivity index (χ4v) is 3.95. The predicted molar refractivity (Wildman–Crippen MR) is 123 cm³/mol. The number of nitrogens with zero attached hydrogens (tertiary/aromatic N) is 2. The molecular formula is C24H24ClF3N4O. The van der Waals surface area contributed by atoms with Gasteiger partial charge >= 0.3 is 6.36 Å². The van der Waals surface area contributed by atoms with Crippen LogP contribution in [-0.4, -0.2) is 22.4 Å². The number of anilines is 2. The van der Waals surface area contributed by atoms with E-state index in [4.69, 9.17) is 11.6 Å². The average molecular weight is 477 g/mol. The van der Waals surface area contributed by atoms with Crippen molar-refractivity contribution < 1.29 is 17.9 Å². The van der Waals surface area contributed by atoms with Gasteiger partial charge in [-0.25, -0.2) is 4.98 Å². The summed E-state index contributed by atoms with van der Waals surface area (Å²) in [5.41, 5.74) is 2.01. The molecule has 1 saturated carbocycles. The summed E-state index contributed by atoms with van der Waals surface area (Å²) < 4.78 is 42.1. The first-order chi connectivity index (χ1) is 15.8. The number of aromatic nitrogens is 2. The molecule has 2 aromatic carbocycles. The highest BCUT2D eigenvalue weighted by Gasteiger charge is 2.31. The molecule has 1 heterocycles. The number of hydrogen-bond donors (Lipinski definition) is 2. The molecule has 4 rings (SSSR count). The molecule has 0 amide bonds. The molecule has 0 aliphatic heterocycles. The SMILES string of the molecule is FC(F)(F)Oc1cccc(-c2cc(NCc3ccc(Cl)cc3)nc(NC3CCCCC3)n2)c1. The first-order valence-corrected chi connectivity index (χ1v) is 11.2. The zero-order chi connectivity index (χ0) is 23.3. The first kappa shape index (κ1) is 23.2. The van der Waals surface area contributed by atoms with Crippen LogP contribution in [0.2, 0.25) is 5.02 Å². The topological polar surface area (TPSA) is 59.1 Å². The summed E-state index contributed by atoms with van der Waals surface area (Å²) in [5.74, 6) is 0.714. The molecule has 1 aromatic heterocycles. The summed E-state index contributed by atoms with van der Waals surface area (Å²) in [5, 5.41) is 7.33. The largest absolute Gasteiger partial charge is 0.573 e. The molecule has 0 radical (unpaired) electrons. The highest BCUT2D eigenvalue weighted by Crippen LogP contribution is 2.29. The normalized spacial score (nSPS) is 14.7. The highest BCUT2D eigenvalue weighted by molar-refractivity contribution is 6.30. The minimum atomic E-state index is -4.76. The Morgan fingerprint density at radius 1 is 0.970 bits per heavy atom. The van der Waals surface area contributed by atoms with E-state index in [0.29, 0.717) is 34.6 Å². The molecule has 0 unspecified atom stereocenters. The number of ether oxygens (including phenoxy) is 1. The van der Waals surface area contributed by atoms with E-state index in [2.05, 4.69) is 25.3 Å². The Labute approximate surface area is 195 Å². The van der Waals surface area contributed by atoms with E-state index >= 15 is 0 Å². The molecule has 0 atom stereocenters. The van der Waals surface area contributed by atoms with Crippen molar-refractivity contribution in [2.45, 2.75) is 51.1 Å². The second kappa shape index (κ2) is 10.3. The van der Waals surface area contributed by atoms with Gasteiger partial charge in [-0.05, 0) is 42.7 Å². The van der Waals surface area contributed by atoms with Gasteiger partial charge in [-0.3, -0.25) is 0 Å². The van der Waals surface area contributed by atoms with Gasteiger partial charge in [0, 0.05) is 29.2 Å². The van der Waals surface area contributed by atoms with Crippen LogP contribution < -0.4 is 15.4 Å². The molecule has 9 heteroatoms. The van der Waals surface area contributed by atoms with Crippen LogP contribution in [0.5, 0.6) is 5.75 Å². The maximum absolute atomic E-state index is 12.7. The lowest BCUT2D eigenvalue weighted by Gasteiger charge is -2.23. The van der Waals surface area contributed by atoms with Gasteiger partial charge in [0.1, 0.15) is 11.6 Å². The molecule has 2 N–H and O–H groups in total. The van der Waals surface area contributed by atoms with Crippen molar-refractivity contribution in [1.29, 1.82) is 0 Å². The molecule has 174 valence electrons. The highest BCUT2D eigenvalue weighted by atomic mass is 35.5. The van der Waals surface area contributed by atoms with Crippen molar-refractivity contribution in [2.75, 3.05) is 10.6 Å². The van der Waals surface area contributed by atoms with E-state index in [1.165, 1.54) is 24.6 Å². The lowest BCUT2D eigenvalue weighted by Crippen LogP contribution is -2.23. The fraction of sp³-hybridized carbons (Fsp3) is 0.333. The Morgan fingerprint density at radius 3 is 2.45 bits per heavy atom. The quantitative estimate of drug-likeness (QED) is 0.382. The zero-order valence-corrected chi connectivity index (χ0v) is 18.6. The Kier molecular flexibility index (Phi) is 7.23. The number of rotatable bonds is 7. The van der Waals surface area contributed by atoms with E-state index < -0.39 is 6.36 Å². The van der Waals surface area contributed by atoms with Gasteiger partial charge in [-0.1, -0.05) is 55.1 Å². The van der Waals surface area contributed by atoms with Gasteiger partial charge in [-0.2, -0.15) is 4.98 Å². The van der Waals surface area contributed by atoms with E-state index in [0.717, 1.165) is 31.2 Å². The van der Waals surface area contributed by atoms with Crippen molar-refractivity contribution in [3.05, 3.63) is 65.2 Å². The minimum Gasteiger partial charge on any atom is -0.406 e. The van der Waals surface area contributed by atoms with Gasteiger partial charge in [0.15, 0.2) is 0 Å². The summed E-state index contributed by atoms with van der Waals surface area (Å²) in [6.45, 7) is 0.508. The summed E-state index contributed by atoms with van der Waals surface area (Å²) in [4.78, 5) is 9.18. The van der Waals surface area contributed by atoms with Gasteiger partial charge in [0.2, 0.25) is 5.95 Å². The van der Waals surface area contributed by atoms with E-state index in [-0.39, 0.29) is 11.8 Å². The van der Waals surface area contributed by atoms with E-state index in [1.807, 2.05) is 24.3 Å². The van der Waals surface area contributed by atoms with Gasteiger partial charge < -0.3 is 15.4 Å². The number of hydrogen-bond acceptors (Lipinski definition) is 5. The molecule has 1 aliphatic rings. The van der Waals surface area contributed by atoms with Crippen LogP contribution in [0.25, 0.3) is 11.3 Å². The summed E-state index contributed by atoms with van der Waals surface area (Å²) in [6, 6.07) is 15.2. The third kappa shape index (κ3) is 6.99. The Morgan fingerprint density at radius 2 is 1.73 bits per heavy atom. The molecule has 33 heavy (non-hydrogen) atoms. The Hall–Kier alpha value is -3.00. The number of benzene rings is 2. The standard InChI is InChI=1S/C24H24ClF3N4O/c25-18-11-9-16(10-12-18)15-29-22-14-21(17-5-4-8-20(13-17)33-24(26,27)28)31-23(32-22)30-19-6-2-1-3-7-19/h4-5,8-14,19H,1-3,6-7,15H2,(H2,29,30,31,32). The second-order valence-corrected chi connectivity index (χ2v) is 8.43. The molecule has 1 fully saturated rings. The smallest absolute Gasteiger partial charge is 0.406 e. The van der Waals surface area contributed by atoms with Crippen LogP contribution in [0.3, 0.4) is 0 Å². The maximum Gasteiger partial charge on any atom is 0.573 e. The summed E-state index contributed by atoms with van der Waals surface area (Å²) in [6.07, 6.45) is 0.833. The number of halogens is 4. The molecule has 3 aromatic rings. The lowest BCUT2D eigenvalue weighted by molar-refractivity contribution is -0.274.